The topological polar surface area (TPSA) is 25.8 Å². The minimum absolute atomic E-state index is 0.713. The van der Waals surface area contributed by atoms with Crippen LogP contribution in [0, 0.1) is 5.95 Å². The number of aromatic nitrogens is 2. The van der Waals surface area contributed by atoms with Gasteiger partial charge in [-0.25, -0.2) is 4.98 Å². The highest BCUT2D eigenvalue weighted by Gasteiger charge is 2.34. The van der Waals surface area contributed by atoms with E-state index in [4.69, 9.17) is 0 Å². The lowest BCUT2D eigenvalue weighted by Crippen LogP contribution is -2.11. The summed E-state index contributed by atoms with van der Waals surface area (Å²) >= 11 is 0. The summed E-state index contributed by atoms with van der Waals surface area (Å²) in [5, 5.41) is 0. The zero-order valence-electron chi connectivity index (χ0n) is 5.06. The van der Waals surface area contributed by atoms with Gasteiger partial charge in [0, 0.05) is 12.3 Å². The maximum absolute atomic E-state index is 12.0. The zero-order valence-corrected chi connectivity index (χ0v) is 5.06. The van der Waals surface area contributed by atoms with E-state index in [1.165, 1.54) is 0 Å². The van der Waals surface area contributed by atoms with Gasteiger partial charge < -0.3 is 0 Å². The predicted octanol–water partition coefficient (Wildman–Crippen LogP) is 1.63. The quantitative estimate of drug-likeness (QED) is 0.432. The fourth-order valence-electron chi connectivity index (χ4n) is 0.473. The molecule has 0 aliphatic heterocycles. The van der Waals surface area contributed by atoms with Crippen molar-refractivity contribution >= 4 is 0 Å². The minimum atomic E-state index is -4.68. The Balaban J connectivity index is 3.06. The number of nitrogens with zero attached hydrogens (tertiary/aromatic N) is 2. The van der Waals surface area contributed by atoms with Crippen molar-refractivity contribution < 1.29 is 17.6 Å². The first-order chi connectivity index (χ1) is 5.00. The van der Waals surface area contributed by atoms with Crippen LogP contribution in [0.15, 0.2) is 12.3 Å². The smallest absolute Gasteiger partial charge is 0.233 e. The zero-order chi connectivity index (χ0) is 8.48. The second-order valence-electron chi connectivity index (χ2n) is 1.70. The molecule has 6 heteroatoms. The van der Waals surface area contributed by atoms with E-state index in [-0.39, 0.29) is 0 Å². The van der Waals surface area contributed by atoms with Crippen molar-refractivity contribution in [3.05, 3.63) is 24.0 Å². The molecule has 0 amide bonds. The van der Waals surface area contributed by atoms with Gasteiger partial charge in [0.25, 0.3) is 0 Å². The number of halogens is 4. The van der Waals surface area contributed by atoms with Gasteiger partial charge >= 0.3 is 6.18 Å². The maximum atomic E-state index is 12.0. The molecule has 1 heterocycles. The molecule has 0 saturated heterocycles. The molecule has 1 aromatic heterocycles. The molecule has 0 aliphatic rings. The molecule has 0 atom stereocenters. The van der Waals surface area contributed by atoms with Crippen LogP contribution < -0.4 is 0 Å². The van der Waals surface area contributed by atoms with Gasteiger partial charge in [-0.1, -0.05) is 0 Å². The normalized spacial score (nSPS) is 11.6. The molecule has 60 valence electrons. The summed E-state index contributed by atoms with van der Waals surface area (Å²) in [4.78, 5) is 5.38. The van der Waals surface area contributed by atoms with E-state index in [1.54, 1.807) is 0 Å². The van der Waals surface area contributed by atoms with Crippen LogP contribution in [0.4, 0.5) is 17.6 Å². The van der Waals surface area contributed by atoms with Gasteiger partial charge in [0.2, 0.25) is 11.8 Å². The summed E-state index contributed by atoms with van der Waals surface area (Å²) in [6.07, 6.45) is -3.97. The van der Waals surface area contributed by atoms with Crippen LogP contribution >= 0.6 is 0 Å². The van der Waals surface area contributed by atoms with Crippen LogP contribution in [0.3, 0.4) is 0 Å². The Morgan fingerprint density at radius 1 is 1.27 bits per heavy atom. The average Bonchev–Trinajstić information content (AvgIpc) is 1.86. The molecular formula is C5H2F4N2. The van der Waals surface area contributed by atoms with Gasteiger partial charge in [-0.15, -0.1) is 0 Å². The minimum Gasteiger partial charge on any atom is -0.233 e. The van der Waals surface area contributed by atoms with Gasteiger partial charge in [0.1, 0.15) is 0 Å². The van der Waals surface area contributed by atoms with Crippen molar-refractivity contribution in [2.24, 2.45) is 0 Å². The molecule has 11 heavy (non-hydrogen) atoms. The molecule has 1 rings (SSSR count). The number of hydrogen-bond donors (Lipinski definition) is 0. The average molecular weight is 166 g/mol. The first-order valence-electron chi connectivity index (χ1n) is 2.56. The van der Waals surface area contributed by atoms with E-state index in [2.05, 4.69) is 9.97 Å². The molecule has 0 N–H and O–H groups in total. The highest BCUT2D eigenvalue weighted by atomic mass is 19.4. The molecule has 0 spiro atoms. The number of alkyl halides is 3. The number of rotatable bonds is 0. The van der Waals surface area contributed by atoms with Gasteiger partial charge in [0.15, 0.2) is 0 Å². The Morgan fingerprint density at radius 2 is 1.91 bits per heavy atom. The molecule has 0 aliphatic carbocycles. The summed E-state index contributed by atoms with van der Waals surface area (Å²) in [6.45, 7) is 0. The number of hydrogen-bond acceptors (Lipinski definition) is 2. The third-order valence-electron chi connectivity index (χ3n) is 0.875. The van der Waals surface area contributed by atoms with E-state index in [9.17, 15) is 17.6 Å². The van der Waals surface area contributed by atoms with Crippen molar-refractivity contribution in [2.45, 2.75) is 6.18 Å². The highest BCUT2D eigenvalue weighted by Crippen LogP contribution is 2.25. The van der Waals surface area contributed by atoms with Gasteiger partial charge in [-0.3, -0.25) is 0 Å². The highest BCUT2D eigenvalue weighted by molar-refractivity contribution is 4.94. The van der Waals surface area contributed by atoms with Crippen molar-refractivity contribution in [1.29, 1.82) is 0 Å². The van der Waals surface area contributed by atoms with E-state index < -0.39 is 17.9 Å². The lowest BCUT2D eigenvalue weighted by atomic mass is 10.5. The SMILES string of the molecule is Fc1ccnc(C(F)(F)F)n1. The molecule has 0 saturated carbocycles. The molecule has 1 aromatic rings. The lowest BCUT2D eigenvalue weighted by Gasteiger charge is -2.01. The van der Waals surface area contributed by atoms with Crippen LogP contribution in [0.25, 0.3) is 0 Å². The molecule has 2 nitrogen and oxygen atoms in total. The van der Waals surface area contributed by atoms with Crippen LogP contribution in [-0.2, 0) is 6.18 Å². The Hall–Kier alpha value is -1.20. The third-order valence-corrected chi connectivity index (χ3v) is 0.875. The van der Waals surface area contributed by atoms with Gasteiger partial charge in [0.05, 0.1) is 0 Å². The molecular weight excluding hydrogens is 164 g/mol. The van der Waals surface area contributed by atoms with Crippen LogP contribution in [0.1, 0.15) is 5.82 Å². The second-order valence-corrected chi connectivity index (χ2v) is 1.70. The summed E-state index contributed by atoms with van der Waals surface area (Å²) in [6, 6.07) is 0.745. The molecule has 0 fully saturated rings. The fourth-order valence-corrected chi connectivity index (χ4v) is 0.473. The largest absolute Gasteiger partial charge is 0.451 e. The Labute approximate surface area is 58.9 Å². The predicted molar refractivity (Wildman–Crippen MR) is 27.0 cm³/mol. The first kappa shape index (κ1) is 7.90. The Bertz CT molecular complexity index is 257. The third kappa shape index (κ3) is 1.86. The monoisotopic (exact) mass is 166 g/mol. The summed E-state index contributed by atoms with van der Waals surface area (Å²) in [5.74, 6) is -2.65. The van der Waals surface area contributed by atoms with Crippen molar-refractivity contribution in [2.75, 3.05) is 0 Å². The van der Waals surface area contributed by atoms with Gasteiger partial charge in [-0.2, -0.15) is 22.5 Å². The van der Waals surface area contributed by atoms with Crippen LogP contribution in [0.5, 0.6) is 0 Å². The second kappa shape index (κ2) is 2.44. The van der Waals surface area contributed by atoms with Crippen molar-refractivity contribution in [1.82, 2.24) is 9.97 Å². The molecule has 0 aromatic carbocycles. The lowest BCUT2D eigenvalue weighted by molar-refractivity contribution is -0.145. The van der Waals surface area contributed by atoms with Crippen molar-refractivity contribution in [3.8, 4) is 0 Å². The van der Waals surface area contributed by atoms with Crippen molar-refractivity contribution in [3.63, 3.8) is 0 Å². The van der Waals surface area contributed by atoms with E-state index in [1.807, 2.05) is 0 Å². The first-order valence-corrected chi connectivity index (χ1v) is 2.56. The maximum Gasteiger partial charge on any atom is 0.451 e. The standard InChI is InChI=1S/C5H2F4N2/c6-3-1-2-10-4(11-3)5(7,8)9/h1-2H. The summed E-state index contributed by atoms with van der Waals surface area (Å²) in [5.41, 5.74) is 0. The summed E-state index contributed by atoms with van der Waals surface area (Å²) in [7, 11) is 0. The Morgan fingerprint density at radius 3 is 2.27 bits per heavy atom. The van der Waals surface area contributed by atoms with E-state index in [0.717, 1.165) is 6.07 Å². The molecule has 0 bridgehead atoms. The fraction of sp³-hybridized carbons (Fsp3) is 0.200. The Kier molecular flexibility index (Phi) is 1.76. The van der Waals surface area contributed by atoms with E-state index >= 15 is 0 Å². The van der Waals surface area contributed by atoms with Crippen LogP contribution in [0.2, 0.25) is 0 Å². The van der Waals surface area contributed by atoms with Crippen LogP contribution in [-0.4, -0.2) is 9.97 Å². The molecule has 0 unspecified atom stereocenters. The van der Waals surface area contributed by atoms with Gasteiger partial charge in [-0.05, 0) is 0 Å². The van der Waals surface area contributed by atoms with E-state index in [0.29, 0.717) is 6.20 Å². The summed E-state index contributed by atoms with van der Waals surface area (Å²) < 4.78 is 47.1. The molecule has 0 radical (unpaired) electrons.